The smallest absolute Gasteiger partial charge is 0.250 e. The Labute approximate surface area is 265 Å². The van der Waals surface area contributed by atoms with E-state index in [1.165, 1.54) is 23.1 Å². The highest BCUT2D eigenvalue weighted by Crippen LogP contribution is 2.31. The second-order valence-corrected chi connectivity index (χ2v) is 16.5. The second kappa shape index (κ2) is 13.1. The zero-order valence-corrected chi connectivity index (χ0v) is 27.2. The molecule has 0 unspecified atom stereocenters. The predicted molar refractivity (Wildman–Crippen MR) is 168 cm³/mol. The molecule has 2 aliphatic rings. The first-order valence-corrected chi connectivity index (χ1v) is 18.5. The highest BCUT2D eigenvalue weighted by atomic mass is 35.5. The normalized spacial score (nSPS) is 19.5. The van der Waals surface area contributed by atoms with Crippen LogP contribution in [0.4, 0.5) is 0 Å². The summed E-state index contributed by atoms with van der Waals surface area (Å²) in [5.41, 5.74) is 0.903. The van der Waals surface area contributed by atoms with Crippen molar-refractivity contribution in [2.24, 2.45) is 0 Å². The quantitative estimate of drug-likeness (QED) is 0.334. The Balaban J connectivity index is 1.16. The van der Waals surface area contributed by atoms with Crippen molar-refractivity contribution in [3.05, 3.63) is 59.1 Å². The van der Waals surface area contributed by atoms with E-state index in [0.29, 0.717) is 49.2 Å². The molecule has 3 aromatic rings. The van der Waals surface area contributed by atoms with Gasteiger partial charge in [0.05, 0.1) is 11.4 Å². The molecular formula is C29H33ClN4O7S3. The van der Waals surface area contributed by atoms with Gasteiger partial charge in [-0.25, -0.2) is 16.8 Å². The summed E-state index contributed by atoms with van der Waals surface area (Å²) in [6, 6.07) is 11.5. The third kappa shape index (κ3) is 7.42. The number of rotatable bonds is 10. The number of amides is 3. The average molecular weight is 681 g/mol. The lowest BCUT2D eigenvalue weighted by molar-refractivity contribution is -0.143. The largest absolute Gasteiger partial charge is 0.353 e. The summed E-state index contributed by atoms with van der Waals surface area (Å²) < 4.78 is 54.8. The highest BCUT2D eigenvalue weighted by molar-refractivity contribution is 7.92. The van der Waals surface area contributed by atoms with E-state index in [4.69, 9.17) is 11.6 Å². The van der Waals surface area contributed by atoms with E-state index in [1.807, 2.05) is 6.92 Å². The van der Waals surface area contributed by atoms with Gasteiger partial charge in [-0.05, 0) is 74.4 Å². The fourth-order valence-corrected chi connectivity index (χ4v) is 9.45. The number of likely N-dealkylation sites (tertiary alicyclic amines) is 2. The SMILES string of the molecule is Cc1ccc(S(=O)(=O)CC(=O)NC[C@@H]2CCCN2C(=O)CN2CCC[C@H](NS(=O)(=O)c3cc4cc(Cl)ccc4s3)C2=O)cc1. The lowest BCUT2D eigenvalue weighted by Crippen LogP contribution is -2.55. The molecule has 11 nitrogen and oxygen atoms in total. The van der Waals surface area contributed by atoms with Gasteiger partial charge in [0.25, 0.3) is 10.0 Å². The Kier molecular flexibility index (Phi) is 9.66. The molecule has 0 aliphatic carbocycles. The number of hydrogen-bond acceptors (Lipinski definition) is 8. The summed E-state index contributed by atoms with van der Waals surface area (Å²) >= 11 is 7.11. The summed E-state index contributed by atoms with van der Waals surface area (Å²) in [6.07, 6.45) is 2.14. The molecule has 3 amide bonds. The number of carbonyl (C=O) groups excluding carboxylic acids is 3. The number of benzene rings is 2. The number of fused-ring (bicyclic) bond motifs is 1. The van der Waals surface area contributed by atoms with Crippen LogP contribution in [0.15, 0.2) is 57.6 Å². The maximum atomic E-state index is 13.3. The molecular weight excluding hydrogens is 648 g/mol. The van der Waals surface area contributed by atoms with Crippen LogP contribution in [-0.4, -0.2) is 88.4 Å². The van der Waals surface area contributed by atoms with Crippen LogP contribution in [0.5, 0.6) is 0 Å². The Morgan fingerprint density at radius 2 is 1.73 bits per heavy atom. The van der Waals surface area contributed by atoms with Gasteiger partial charge in [-0.15, -0.1) is 11.3 Å². The summed E-state index contributed by atoms with van der Waals surface area (Å²) in [6.45, 7) is 2.46. The molecule has 2 fully saturated rings. The van der Waals surface area contributed by atoms with Gasteiger partial charge < -0.3 is 15.1 Å². The zero-order valence-electron chi connectivity index (χ0n) is 24.0. The molecule has 2 saturated heterocycles. The molecule has 3 heterocycles. The highest BCUT2D eigenvalue weighted by Gasteiger charge is 2.36. The molecule has 1 aromatic heterocycles. The number of hydrogen-bond donors (Lipinski definition) is 2. The van der Waals surface area contributed by atoms with Gasteiger partial charge >= 0.3 is 0 Å². The second-order valence-electron chi connectivity index (χ2n) is 11.1. The predicted octanol–water partition coefficient (Wildman–Crippen LogP) is 2.71. The lowest BCUT2D eigenvalue weighted by Gasteiger charge is -2.34. The fourth-order valence-electron chi connectivity index (χ4n) is 5.49. The monoisotopic (exact) mass is 680 g/mol. The number of sulfone groups is 1. The number of nitrogens with zero attached hydrogens (tertiary/aromatic N) is 2. The van der Waals surface area contributed by atoms with Gasteiger partial charge in [-0.1, -0.05) is 29.3 Å². The third-order valence-corrected chi connectivity index (χ3v) is 12.7. The Morgan fingerprint density at radius 3 is 2.48 bits per heavy atom. The molecule has 2 aromatic carbocycles. The van der Waals surface area contributed by atoms with Crippen molar-refractivity contribution < 1.29 is 31.2 Å². The first kappa shape index (κ1) is 32.4. The number of halogens is 1. The molecule has 2 atom stereocenters. The Bertz CT molecular complexity index is 1790. The molecule has 0 spiro atoms. The summed E-state index contributed by atoms with van der Waals surface area (Å²) in [7, 11) is -7.80. The maximum absolute atomic E-state index is 13.3. The van der Waals surface area contributed by atoms with Crippen molar-refractivity contribution >= 4 is 70.6 Å². The summed E-state index contributed by atoms with van der Waals surface area (Å²) in [5.74, 6) is -2.14. The van der Waals surface area contributed by atoms with Crippen LogP contribution in [-0.2, 0) is 34.2 Å². The molecule has 2 N–H and O–H groups in total. The van der Waals surface area contributed by atoms with Crippen LogP contribution in [0.25, 0.3) is 10.1 Å². The van der Waals surface area contributed by atoms with E-state index in [9.17, 15) is 31.2 Å². The molecule has 44 heavy (non-hydrogen) atoms. The molecule has 5 rings (SSSR count). The Morgan fingerprint density at radius 1 is 1.00 bits per heavy atom. The number of piperidine rings is 1. The number of aryl methyl sites for hydroxylation is 1. The van der Waals surface area contributed by atoms with E-state index in [0.717, 1.165) is 21.6 Å². The average Bonchev–Trinajstić information content (AvgIpc) is 3.61. The van der Waals surface area contributed by atoms with E-state index in [-0.39, 0.29) is 34.1 Å². The van der Waals surface area contributed by atoms with Crippen molar-refractivity contribution in [1.29, 1.82) is 0 Å². The molecule has 236 valence electrons. The summed E-state index contributed by atoms with van der Waals surface area (Å²) in [5, 5.41) is 3.82. The first-order valence-electron chi connectivity index (χ1n) is 14.2. The van der Waals surface area contributed by atoms with Gasteiger partial charge in [0.1, 0.15) is 16.0 Å². The minimum absolute atomic E-state index is 0.0662. The van der Waals surface area contributed by atoms with Gasteiger partial charge in [0, 0.05) is 35.4 Å². The molecule has 2 aliphatic heterocycles. The van der Waals surface area contributed by atoms with E-state index >= 15 is 0 Å². The van der Waals surface area contributed by atoms with Gasteiger partial charge in [0.15, 0.2) is 9.84 Å². The maximum Gasteiger partial charge on any atom is 0.250 e. The van der Waals surface area contributed by atoms with Crippen LogP contribution < -0.4 is 10.0 Å². The molecule has 15 heteroatoms. The lowest BCUT2D eigenvalue weighted by atomic mass is 10.1. The van der Waals surface area contributed by atoms with Crippen molar-refractivity contribution in [3.63, 3.8) is 0 Å². The number of thiophene rings is 1. The number of sulfonamides is 1. The fraction of sp³-hybridized carbons (Fsp3) is 0.414. The van der Waals surface area contributed by atoms with Crippen LogP contribution in [0.3, 0.4) is 0 Å². The minimum atomic E-state index is -3.99. The summed E-state index contributed by atoms with van der Waals surface area (Å²) in [4.78, 5) is 42.1. The van der Waals surface area contributed by atoms with Crippen molar-refractivity contribution in [2.75, 3.05) is 31.9 Å². The van der Waals surface area contributed by atoms with Gasteiger partial charge in [0.2, 0.25) is 17.7 Å². The van der Waals surface area contributed by atoms with E-state index < -0.39 is 43.5 Å². The van der Waals surface area contributed by atoms with Crippen LogP contribution in [0.2, 0.25) is 5.02 Å². The van der Waals surface area contributed by atoms with Crippen molar-refractivity contribution in [3.8, 4) is 0 Å². The minimum Gasteiger partial charge on any atom is -0.353 e. The van der Waals surface area contributed by atoms with Gasteiger partial charge in [-0.3, -0.25) is 14.4 Å². The topological polar surface area (TPSA) is 150 Å². The van der Waals surface area contributed by atoms with E-state index in [1.54, 1.807) is 35.2 Å². The molecule has 0 bridgehead atoms. The van der Waals surface area contributed by atoms with Crippen molar-refractivity contribution in [1.82, 2.24) is 19.8 Å². The Hall–Kier alpha value is -3.04. The van der Waals surface area contributed by atoms with Crippen LogP contribution in [0, 0.1) is 6.92 Å². The standard InChI is InChI=1S/C29H33ClN4O7S3/c1-19-6-9-23(10-7-19)43(38,39)18-26(35)31-16-22-4-2-13-34(22)27(36)17-33-12-3-5-24(29(33)37)32-44(40,41)28-15-20-14-21(30)8-11-25(20)42-28/h6-11,14-15,22,24,32H,2-5,12-13,16-18H2,1H3,(H,31,35)/t22-,24-/m0/s1. The van der Waals surface area contributed by atoms with E-state index in [2.05, 4.69) is 10.0 Å². The molecule has 0 saturated carbocycles. The van der Waals surface area contributed by atoms with Crippen molar-refractivity contribution in [2.45, 2.75) is 53.8 Å². The number of carbonyl (C=O) groups is 3. The van der Waals surface area contributed by atoms with Gasteiger partial charge in [-0.2, -0.15) is 4.72 Å². The van der Waals surface area contributed by atoms with Crippen LogP contribution >= 0.6 is 22.9 Å². The zero-order chi connectivity index (χ0) is 31.6. The molecule has 0 radical (unpaired) electrons. The number of nitrogens with one attached hydrogen (secondary N) is 2. The third-order valence-electron chi connectivity index (χ3n) is 7.81. The van der Waals surface area contributed by atoms with Crippen LogP contribution in [0.1, 0.15) is 31.2 Å². The first-order chi connectivity index (χ1) is 20.8.